The van der Waals surface area contributed by atoms with Gasteiger partial charge < -0.3 is 10.3 Å². The lowest BCUT2D eigenvalue weighted by molar-refractivity contribution is 0.0952. The Hall–Kier alpha value is -3.11. The van der Waals surface area contributed by atoms with Gasteiger partial charge in [0.1, 0.15) is 5.15 Å². The zero-order chi connectivity index (χ0) is 18.6. The lowest BCUT2D eigenvalue weighted by Gasteiger charge is -2.18. The second kappa shape index (κ2) is 7.64. The lowest BCUT2D eigenvalue weighted by atomic mass is 9.91. The maximum absolute atomic E-state index is 12.6. The van der Waals surface area contributed by atoms with Gasteiger partial charge in [-0.2, -0.15) is 0 Å². The molecule has 134 valence electrons. The zero-order valence-electron chi connectivity index (χ0n) is 14.5. The lowest BCUT2D eigenvalue weighted by Crippen LogP contribution is -2.28. The summed E-state index contributed by atoms with van der Waals surface area (Å²) in [4.78, 5) is 19.8. The van der Waals surface area contributed by atoms with Gasteiger partial charge >= 0.3 is 0 Å². The number of fused-ring (bicyclic) bond motifs is 1. The third kappa shape index (κ3) is 3.71. The summed E-state index contributed by atoms with van der Waals surface area (Å²) >= 11 is 5.90. The van der Waals surface area contributed by atoms with Crippen LogP contribution in [0.5, 0.6) is 0 Å². The Labute approximate surface area is 162 Å². The zero-order valence-corrected chi connectivity index (χ0v) is 15.3. The molecule has 2 aromatic heterocycles. The fourth-order valence-electron chi connectivity index (χ4n) is 3.32. The minimum atomic E-state index is -0.167. The number of benzene rings is 2. The smallest absolute Gasteiger partial charge is 0.251 e. The molecular weight excluding hydrogens is 358 g/mol. The first-order valence-electron chi connectivity index (χ1n) is 8.73. The molecule has 4 nitrogen and oxygen atoms in total. The molecule has 0 aliphatic carbocycles. The van der Waals surface area contributed by atoms with Gasteiger partial charge in [-0.15, -0.1) is 0 Å². The van der Waals surface area contributed by atoms with Crippen molar-refractivity contribution in [1.29, 1.82) is 0 Å². The molecule has 4 rings (SSSR count). The topological polar surface area (TPSA) is 57.8 Å². The number of aromatic nitrogens is 2. The summed E-state index contributed by atoms with van der Waals surface area (Å²) in [5, 5.41) is 4.50. The number of carbonyl (C=O) groups excluding carboxylic acids is 1. The number of carbonyl (C=O) groups is 1. The molecule has 0 fully saturated rings. The molecule has 2 heterocycles. The van der Waals surface area contributed by atoms with Crippen LogP contribution in [0.4, 0.5) is 0 Å². The van der Waals surface area contributed by atoms with Crippen LogP contribution in [0.25, 0.3) is 10.9 Å². The van der Waals surface area contributed by atoms with Gasteiger partial charge in [-0.1, -0.05) is 60.1 Å². The number of hydrogen-bond donors (Lipinski definition) is 2. The summed E-state index contributed by atoms with van der Waals surface area (Å²) in [6.07, 6.45) is 3.56. The number of H-pyrrole nitrogens is 1. The van der Waals surface area contributed by atoms with E-state index in [0.717, 1.165) is 22.0 Å². The molecule has 5 heteroatoms. The summed E-state index contributed by atoms with van der Waals surface area (Å²) < 4.78 is 0. The average Bonchev–Trinajstić information content (AvgIpc) is 3.13. The van der Waals surface area contributed by atoms with Crippen molar-refractivity contribution in [3.63, 3.8) is 0 Å². The number of pyridine rings is 1. The van der Waals surface area contributed by atoms with E-state index in [1.807, 2.05) is 36.5 Å². The standard InChI is InChI=1S/C22H18ClN3O/c23-21-12-16(10-11-24-21)22(27)26-13-18(15-6-2-1-3-7-15)19-14-25-20-9-5-4-8-17(19)20/h1-12,14,18,25H,13H2,(H,26,27). The quantitative estimate of drug-likeness (QED) is 0.493. The highest BCUT2D eigenvalue weighted by molar-refractivity contribution is 6.29. The molecule has 0 spiro atoms. The summed E-state index contributed by atoms with van der Waals surface area (Å²) in [5.41, 5.74) is 3.89. The monoisotopic (exact) mass is 375 g/mol. The highest BCUT2D eigenvalue weighted by Crippen LogP contribution is 2.30. The van der Waals surface area contributed by atoms with Gasteiger partial charge in [0.2, 0.25) is 0 Å². The molecular formula is C22H18ClN3O. The number of nitrogens with one attached hydrogen (secondary N) is 2. The van der Waals surface area contributed by atoms with E-state index in [1.165, 1.54) is 6.20 Å². The van der Waals surface area contributed by atoms with Crippen molar-refractivity contribution in [3.05, 3.63) is 101 Å². The molecule has 0 aliphatic rings. The number of aromatic amines is 1. The molecule has 1 atom stereocenters. The first-order chi connectivity index (χ1) is 13.2. The fraction of sp³-hybridized carbons (Fsp3) is 0.0909. The first-order valence-corrected chi connectivity index (χ1v) is 9.11. The normalized spacial score (nSPS) is 12.0. The molecule has 0 bridgehead atoms. The van der Waals surface area contributed by atoms with Crippen LogP contribution in [0.15, 0.2) is 79.1 Å². The molecule has 2 aromatic carbocycles. The Morgan fingerprint density at radius 1 is 1.07 bits per heavy atom. The molecule has 2 N–H and O–H groups in total. The number of para-hydroxylation sites is 1. The van der Waals surface area contributed by atoms with E-state index < -0.39 is 0 Å². The highest BCUT2D eigenvalue weighted by atomic mass is 35.5. The van der Waals surface area contributed by atoms with E-state index in [2.05, 4.69) is 39.6 Å². The third-order valence-corrected chi connectivity index (χ3v) is 4.86. The maximum atomic E-state index is 12.6. The van der Waals surface area contributed by atoms with Crippen LogP contribution in [0.1, 0.15) is 27.4 Å². The Kier molecular flexibility index (Phi) is 4.90. The minimum absolute atomic E-state index is 0.0311. The third-order valence-electron chi connectivity index (χ3n) is 4.65. The van der Waals surface area contributed by atoms with E-state index in [1.54, 1.807) is 12.1 Å². The molecule has 27 heavy (non-hydrogen) atoms. The largest absolute Gasteiger partial charge is 0.361 e. The summed E-state index contributed by atoms with van der Waals surface area (Å²) in [6, 6.07) is 21.6. The SMILES string of the molecule is O=C(NCC(c1ccccc1)c1c[nH]c2ccccc12)c1ccnc(Cl)c1. The summed E-state index contributed by atoms with van der Waals surface area (Å²) in [5.74, 6) is -0.135. The van der Waals surface area contributed by atoms with Crippen LogP contribution in [0, 0.1) is 0 Å². The number of hydrogen-bond acceptors (Lipinski definition) is 2. The van der Waals surface area contributed by atoms with Gasteiger partial charge in [-0.05, 0) is 29.3 Å². The highest BCUT2D eigenvalue weighted by Gasteiger charge is 2.19. The second-order valence-corrected chi connectivity index (χ2v) is 6.72. The Balaban J connectivity index is 1.64. The van der Waals surface area contributed by atoms with Crippen LogP contribution in [0.3, 0.4) is 0 Å². The van der Waals surface area contributed by atoms with Crippen LogP contribution in [0.2, 0.25) is 5.15 Å². The van der Waals surface area contributed by atoms with E-state index in [9.17, 15) is 4.79 Å². The van der Waals surface area contributed by atoms with E-state index >= 15 is 0 Å². The van der Waals surface area contributed by atoms with Gasteiger partial charge in [0.15, 0.2) is 0 Å². The van der Waals surface area contributed by atoms with Gasteiger partial charge in [0, 0.05) is 41.3 Å². The Morgan fingerprint density at radius 3 is 2.67 bits per heavy atom. The van der Waals surface area contributed by atoms with Gasteiger partial charge in [0.25, 0.3) is 5.91 Å². The van der Waals surface area contributed by atoms with Crippen molar-refractivity contribution in [2.24, 2.45) is 0 Å². The number of halogens is 1. The van der Waals surface area contributed by atoms with E-state index in [-0.39, 0.29) is 11.8 Å². The minimum Gasteiger partial charge on any atom is -0.361 e. The second-order valence-electron chi connectivity index (χ2n) is 6.33. The molecule has 0 aliphatic heterocycles. The van der Waals surface area contributed by atoms with Crippen LogP contribution >= 0.6 is 11.6 Å². The summed E-state index contributed by atoms with van der Waals surface area (Å²) in [7, 11) is 0. The molecule has 1 amide bonds. The number of nitrogens with zero attached hydrogens (tertiary/aromatic N) is 1. The predicted molar refractivity (Wildman–Crippen MR) is 108 cm³/mol. The average molecular weight is 376 g/mol. The van der Waals surface area contributed by atoms with E-state index in [0.29, 0.717) is 17.3 Å². The van der Waals surface area contributed by atoms with Crippen LogP contribution in [-0.4, -0.2) is 22.4 Å². The number of rotatable bonds is 5. The van der Waals surface area contributed by atoms with Crippen molar-refractivity contribution in [1.82, 2.24) is 15.3 Å². The Bertz CT molecular complexity index is 1080. The fourth-order valence-corrected chi connectivity index (χ4v) is 3.49. The number of amides is 1. The maximum Gasteiger partial charge on any atom is 0.251 e. The van der Waals surface area contributed by atoms with Gasteiger partial charge in [-0.3, -0.25) is 4.79 Å². The van der Waals surface area contributed by atoms with Crippen molar-refractivity contribution in [3.8, 4) is 0 Å². The van der Waals surface area contributed by atoms with Gasteiger partial charge in [0.05, 0.1) is 0 Å². The molecule has 1 unspecified atom stereocenters. The molecule has 0 saturated carbocycles. The van der Waals surface area contributed by atoms with E-state index in [4.69, 9.17) is 11.6 Å². The molecule has 0 radical (unpaired) electrons. The molecule has 4 aromatic rings. The van der Waals surface area contributed by atoms with Crippen molar-refractivity contribution in [2.45, 2.75) is 5.92 Å². The summed E-state index contributed by atoms with van der Waals surface area (Å²) in [6.45, 7) is 0.477. The van der Waals surface area contributed by atoms with Crippen molar-refractivity contribution in [2.75, 3.05) is 6.54 Å². The van der Waals surface area contributed by atoms with Crippen LogP contribution < -0.4 is 5.32 Å². The van der Waals surface area contributed by atoms with Crippen molar-refractivity contribution >= 4 is 28.4 Å². The predicted octanol–water partition coefficient (Wildman–Crippen LogP) is 4.78. The van der Waals surface area contributed by atoms with Crippen LogP contribution in [-0.2, 0) is 0 Å². The van der Waals surface area contributed by atoms with Gasteiger partial charge in [-0.25, -0.2) is 4.98 Å². The van der Waals surface area contributed by atoms with Crippen molar-refractivity contribution < 1.29 is 4.79 Å². The Morgan fingerprint density at radius 2 is 1.85 bits per heavy atom. The first kappa shape index (κ1) is 17.3. The molecule has 0 saturated heterocycles.